The molecule has 1 unspecified atom stereocenters. The Balaban J connectivity index is 2.58. The van der Waals surface area contributed by atoms with Crippen LogP contribution < -0.4 is 5.32 Å². The maximum absolute atomic E-state index is 11.7. The fourth-order valence-corrected chi connectivity index (χ4v) is 2.15. The first kappa shape index (κ1) is 17.0. The van der Waals surface area contributed by atoms with Crippen LogP contribution in [0.4, 0.5) is 0 Å². The van der Waals surface area contributed by atoms with Crippen molar-refractivity contribution in [2.24, 2.45) is 0 Å². The highest BCUT2D eigenvalue weighted by atomic mass is 35.5. The lowest BCUT2D eigenvalue weighted by atomic mass is 10.0. The fraction of sp³-hybridized carbons (Fsp3) is 0.400. The van der Waals surface area contributed by atoms with E-state index >= 15 is 0 Å². The number of hydrogen-bond donors (Lipinski definition) is 2. The number of benzene rings is 1. The monoisotopic (exact) mass is 315 g/mol. The van der Waals surface area contributed by atoms with Gasteiger partial charge in [0.1, 0.15) is 0 Å². The number of carbonyl (C=O) groups excluding carboxylic acids is 1. The molecule has 0 heterocycles. The Labute approximate surface area is 129 Å². The second-order valence-electron chi connectivity index (χ2n) is 4.94. The lowest BCUT2D eigenvalue weighted by Gasteiger charge is -2.22. The largest absolute Gasteiger partial charge is 0.388 e. The first-order chi connectivity index (χ1) is 9.35. The van der Waals surface area contributed by atoms with E-state index in [1.165, 1.54) is 6.08 Å². The van der Waals surface area contributed by atoms with Gasteiger partial charge in [-0.2, -0.15) is 0 Å². The van der Waals surface area contributed by atoms with Crippen molar-refractivity contribution >= 4 is 35.2 Å². The van der Waals surface area contributed by atoms with Gasteiger partial charge in [-0.3, -0.25) is 4.79 Å². The van der Waals surface area contributed by atoms with E-state index < -0.39 is 5.60 Å². The number of amides is 1. The Morgan fingerprint density at radius 2 is 2.15 bits per heavy atom. The molecule has 1 rings (SSSR count). The van der Waals surface area contributed by atoms with Crippen LogP contribution in [0.2, 0.25) is 10.0 Å². The van der Waals surface area contributed by atoms with Crippen molar-refractivity contribution in [3.05, 3.63) is 39.9 Å². The van der Waals surface area contributed by atoms with Crippen molar-refractivity contribution in [2.45, 2.75) is 32.3 Å². The summed E-state index contributed by atoms with van der Waals surface area (Å²) in [5.74, 6) is -0.280. The van der Waals surface area contributed by atoms with Gasteiger partial charge in [-0.1, -0.05) is 48.7 Å². The van der Waals surface area contributed by atoms with Crippen LogP contribution in [0.5, 0.6) is 0 Å². The molecule has 0 aromatic heterocycles. The first-order valence-electron chi connectivity index (χ1n) is 6.48. The van der Waals surface area contributed by atoms with E-state index in [4.69, 9.17) is 23.2 Å². The molecule has 1 atom stereocenters. The molecule has 0 aliphatic carbocycles. The van der Waals surface area contributed by atoms with E-state index in [-0.39, 0.29) is 12.5 Å². The lowest BCUT2D eigenvalue weighted by molar-refractivity contribution is -0.117. The van der Waals surface area contributed by atoms with Crippen LogP contribution >= 0.6 is 23.2 Å². The molecule has 3 nitrogen and oxygen atoms in total. The van der Waals surface area contributed by atoms with Gasteiger partial charge in [0.15, 0.2) is 0 Å². The third-order valence-electron chi connectivity index (χ3n) is 2.83. The molecule has 0 aliphatic rings. The second kappa shape index (κ2) is 7.67. The third kappa shape index (κ3) is 5.53. The maximum atomic E-state index is 11.7. The van der Waals surface area contributed by atoms with Crippen LogP contribution in [0.1, 0.15) is 32.3 Å². The maximum Gasteiger partial charge on any atom is 0.244 e. The predicted octanol–water partition coefficient (Wildman–Crippen LogP) is 3.67. The van der Waals surface area contributed by atoms with Crippen molar-refractivity contribution in [3.8, 4) is 0 Å². The highest BCUT2D eigenvalue weighted by molar-refractivity contribution is 6.42. The average molecular weight is 316 g/mol. The molecular formula is C15H19Cl2NO2. The minimum absolute atomic E-state index is 0.216. The molecule has 0 saturated carbocycles. The summed E-state index contributed by atoms with van der Waals surface area (Å²) >= 11 is 11.9. The highest BCUT2D eigenvalue weighted by Gasteiger charge is 2.19. The van der Waals surface area contributed by atoms with Crippen LogP contribution in [-0.2, 0) is 4.79 Å². The summed E-state index contributed by atoms with van der Waals surface area (Å²) in [6.45, 7) is 3.90. The summed E-state index contributed by atoms with van der Waals surface area (Å²) in [6, 6.07) is 5.21. The number of aliphatic hydroxyl groups is 1. The molecule has 1 aromatic carbocycles. The Morgan fingerprint density at radius 1 is 1.45 bits per heavy atom. The van der Waals surface area contributed by atoms with E-state index in [1.807, 2.05) is 6.92 Å². The molecule has 2 N–H and O–H groups in total. The van der Waals surface area contributed by atoms with E-state index in [9.17, 15) is 9.90 Å². The van der Waals surface area contributed by atoms with Gasteiger partial charge in [0.05, 0.1) is 15.6 Å². The Morgan fingerprint density at radius 3 is 2.80 bits per heavy atom. The summed E-state index contributed by atoms with van der Waals surface area (Å²) in [5, 5.41) is 13.5. The molecule has 0 bridgehead atoms. The topological polar surface area (TPSA) is 49.3 Å². The summed E-state index contributed by atoms with van der Waals surface area (Å²) in [6.07, 6.45) is 4.46. The van der Waals surface area contributed by atoms with E-state index in [1.54, 1.807) is 31.2 Å². The van der Waals surface area contributed by atoms with Gasteiger partial charge in [-0.15, -0.1) is 0 Å². The molecule has 1 amide bonds. The van der Waals surface area contributed by atoms with Crippen LogP contribution in [0.3, 0.4) is 0 Å². The standard InChI is InChI=1S/C15H19Cl2NO2/c1-3-9-15(2,20)10-18-13(19)8-7-11-5-4-6-12(16)14(11)17/h4-8,20H,3,9-10H2,1-2H3,(H,18,19)/b8-7+. The van der Waals surface area contributed by atoms with Crippen molar-refractivity contribution in [1.82, 2.24) is 5.32 Å². The van der Waals surface area contributed by atoms with Crippen LogP contribution in [0, 0.1) is 0 Å². The zero-order valence-electron chi connectivity index (χ0n) is 11.6. The number of rotatable bonds is 6. The van der Waals surface area contributed by atoms with Crippen LogP contribution in [-0.4, -0.2) is 23.2 Å². The van der Waals surface area contributed by atoms with Gasteiger partial charge in [-0.05, 0) is 31.1 Å². The van der Waals surface area contributed by atoms with Crippen LogP contribution in [0.25, 0.3) is 6.08 Å². The molecule has 0 radical (unpaired) electrons. The summed E-state index contributed by atoms with van der Waals surface area (Å²) < 4.78 is 0. The molecule has 1 aromatic rings. The molecule has 0 fully saturated rings. The third-order valence-corrected chi connectivity index (χ3v) is 3.66. The van der Waals surface area contributed by atoms with Crippen LogP contribution in [0.15, 0.2) is 24.3 Å². The summed E-state index contributed by atoms with van der Waals surface area (Å²) in [4.78, 5) is 11.7. The van der Waals surface area contributed by atoms with Gasteiger partial charge in [0.25, 0.3) is 0 Å². The van der Waals surface area contributed by atoms with Crippen molar-refractivity contribution in [2.75, 3.05) is 6.54 Å². The average Bonchev–Trinajstić information content (AvgIpc) is 2.38. The fourth-order valence-electron chi connectivity index (χ4n) is 1.78. The second-order valence-corrected chi connectivity index (χ2v) is 5.73. The van der Waals surface area contributed by atoms with E-state index in [2.05, 4.69) is 5.32 Å². The predicted molar refractivity (Wildman–Crippen MR) is 84.0 cm³/mol. The summed E-state index contributed by atoms with van der Waals surface area (Å²) in [5.41, 5.74) is -0.207. The zero-order valence-corrected chi connectivity index (χ0v) is 13.1. The van der Waals surface area contributed by atoms with Crippen molar-refractivity contribution < 1.29 is 9.90 Å². The van der Waals surface area contributed by atoms with Gasteiger partial charge in [0.2, 0.25) is 5.91 Å². The van der Waals surface area contributed by atoms with Gasteiger partial charge < -0.3 is 10.4 Å². The number of hydrogen-bond acceptors (Lipinski definition) is 2. The minimum Gasteiger partial charge on any atom is -0.388 e. The smallest absolute Gasteiger partial charge is 0.244 e. The molecule has 20 heavy (non-hydrogen) atoms. The Hall–Kier alpha value is -1.03. The Bertz CT molecular complexity index is 499. The first-order valence-corrected chi connectivity index (χ1v) is 7.23. The number of halogens is 2. The van der Waals surface area contributed by atoms with E-state index in [0.29, 0.717) is 22.0 Å². The molecule has 5 heteroatoms. The molecule has 0 saturated heterocycles. The molecular weight excluding hydrogens is 297 g/mol. The van der Waals surface area contributed by atoms with Crippen molar-refractivity contribution in [1.29, 1.82) is 0 Å². The van der Waals surface area contributed by atoms with Gasteiger partial charge in [0, 0.05) is 12.6 Å². The molecule has 110 valence electrons. The number of nitrogens with one attached hydrogen (secondary N) is 1. The highest BCUT2D eigenvalue weighted by Crippen LogP contribution is 2.26. The lowest BCUT2D eigenvalue weighted by Crippen LogP contribution is -2.39. The van der Waals surface area contributed by atoms with Gasteiger partial charge >= 0.3 is 0 Å². The summed E-state index contributed by atoms with van der Waals surface area (Å²) in [7, 11) is 0. The van der Waals surface area contributed by atoms with Gasteiger partial charge in [-0.25, -0.2) is 0 Å². The SMILES string of the molecule is CCCC(C)(O)CNC(=O)/C=C/c1cccc(Cl)c1Cl. The quantitative estimate of drug-likeness (QED) is 0.787. The molecule has 0 aliphatic heterocycles. The van der Waals surface area contributed by atoms with Crippen molar-refractivity contribution in [3.63, 3.8) is 0 Å². The number of carbonyl (C=O) groups is 1. The zero-order chi connectivity index (χ0) is 15.2. The minimum atomic E-state index is -0.883. The van der Waals surface area contributed by atoms with E-state index in [0.717, 1.165) is 6.42 Å². The normalized spacial score (nSPS) is 14.2. The molecule has 0 spiro atoms. The Kier molecular flexibility index (Phi) is 6.53.